The fraction of sp³-hybridized carbons (Fsp3) is 0.889. The van der Waals surface area contributed by atoms with Gasteiger partial charge in [0.25, 0.3) is 0 Å². The lowest BCUT2D eigenvalue weighted by Crippen LogP contribution is -2.51. The molecule has 1 atom stereocenters. The zero-order valence-corrected chi connectivity index (χ0v) is 15.7. The number of hydrogen-bond acceptors (Lipinski definition) is 3. The van der Waals surface area contributed by atoms with Gasteiger partial charge in [0.2, 0.25) is 5.91 Å². The second kappa shape index (κ2) is 9.87. The fourth-order valence-corrected chi connectivity index (χ4v) is 3.06. The Labute approximate surface area is 147 Å². The van der Waals surface area contributed by atoms with Gasteiger partial charge in [-0.25, -0.2) is 0 Å². The molecule has 6 heteroatoms. The molecule has 1 heterocycles. The zero-order valence-electron chi connectivity index (χ0n) is 15.7. The second-order valence-corrected chi connectivity index (χ2v) is 7.01. The van der Waals surface area contributed by atoms with Crippen LogP contribution in [-0.4, -0.2) is 73.5 Å². The van der Waals surface area contributed by atoms with Crippen LogP contribution in [0.1, 0.15) is 46.5 Å². The molecule has 2 aliphatic rings. The monoisotopic (exact) mass is 337 g/mol. The molecule has 6 nitrogen and oxygen atoms in total. The minimum absolute atomic E-state index is 0.329. The van der Waals surface area contributed by atoms with Gasteiger partial charge in [0.15, 0.2) is 5.96 Å². The van der Waals surface area contributed by atoms with E-state index < -0.39 is 0 Å². The van der Waals surface area contributed by atoms with Gasteiger partial charge < -0.3 is 15.5 Å². The van der Waals surface area contributed by atoms with E-state index in [9.17, 15) is 4.79 Å². The van der Waals surface area contributed by atoms with E-state index in [0.717, 1.165) is 71.0 Å². The smallest absolute Gasteiger partial charge is 0.225 e. The molecule has 2 N–H and O–H groups in total. The van der Waals surface area contributed by atoms with Crippen molar-refractivity contribution in [2.45, 2.75) is 52.5 Å². The maximum absolute atomic E-state index is 12.3. The number of piperazine rings is 1. The van der Waals surface area contributed by atoms with Gasteiger partial charge in [-0.2, -0.15) is 0 Å². The summed E-state index contributed by atoms with van der Waals surface area (Å²) in [7, 11) is 0. The highest BCUT2D eigenvalue weighted by Crippen LogP contribution is 2.28. The highest BCUT2D eigenvalue weighted by molar-refractivity contribution is 5.80. The van der Waals surface area contributed by atoms with Crippen LogP contribution in [0, 0.1) is 5.92 Å². The predicted molar refractivity (Wildman–Crippen MR) is 99.2 cm³/mol. The first-order chi connectivity index (χ1) is 11.6. The van der Waals surface area contributed by atoms with Crippen LogP contribution in [0.5, 0.6) is 0 Å². The van der Waals surface area contributed by atoms with Gasteiger partial charge in [0.05, 0.1) is 6.54 Å². The van der Waals surface area contributed by atoms with Crippen molar-refractivity contribution in [1.29, 1.82) is 0 Å². The Morgan fingerprint density at radius 2 is 1.92 bits per heavy atom. The molecule has 2 fully saturated rings. The maximum atomic E-state index is 12.3. The summed E-state index contributed by atoms with van der Waals surface area (Å²) in [6.45, 7) is 12.8. The predicted octanol–water partition coefficient (Wildman–Crippen LogP) is 1.28. The topological polar surface area (TPSA) is 60.0 Å². The van der Waals surface area contributed by atoms with E-state index in [1.165, 1.54) is 6.42 Å². The van der Waals surface area contributed by atoms with Crippen molar-refractivity contribution in [3.63, 3.8) is 0 Å². The lowest BCUT2D eigenvalue weighted by Gasteiger charge is -2.38. The normalized spacial score (nSPS) is 21.3. The van der Waals surface area contributed by atoms with Crippen molar-refractivity contribution in [2.24, 2.45) is 10.9 Å². The number of nitrogens with one attached hydrogen (secondary N) is 2. The van der Waals surface area contributed by atoms with Crippen molar-refractivity contribution >= 4 is 11.9 Å². The van der Waals surface area contributed by atoms with Crippen molar-refractivity contribution in [2.75, 3.05) is 45.8 Å². The van der Waals surface area contributed by atoms with Crippen LogP contribution in [0.25, 0.3) is 0 Å². The Balaban J connectivity index is 1.68. The first kappa shape index (κ1) is 19.0. The number of hydrogen-bond donors (Lipinski definition) is 2. The summed E-state index contributed by atoms with van der Waals surface area (Å²) in [5.41, 5.74) is 0. The summed E-state index contributed by atoms with van der Waals surface area (Å²) >= 11 is 0. The average molecular weight is 338 g/mol. The van der Waals surface area contributed by atoms with Gasteiger partial charge in [-0.15, -0.1) is 0 Å². The van der Waals surface area contributed by atoms with Gasteiger partial charge in [-0.05, 0) is 33.1 Å². The molecule has 1 unspecified atom stereocenters. The Hall–Kier alpha value is -1.30. The second-order valence-electron chi connectivity index (χ2n) is 7.01. The third-order valence-electron chi connectivity index (χ3n) is 5.16. The van der Waals surface area contributed by atoms with E-state index in [1.807, 2.05) is 0 Å². The number of guanidine groups is 1. The number of carbonyl (C=O) groups is 1. The van der Waals surface area contributed by atoms with E-state index in [-0.39, 0.29) is 0 Å². The minimum Gasteiger partial charge on any atom is -0.357 e. The van der Waals surface area contributed by atoms with Crippen LogP contribution in [0.2, 0.25) is 0 Å². The Kier molecular flexibility index (Phi) is 7.82. The molecule has 1 saturated heterocycles. The molecule has 138 valence electrons. The molecule has 0 radical (unpaired) electrons. The molecule has 0 aromatic heterocycles. The summed E-state index contributed by atoms with van der Waals surface area (Å²) in [6.07, 6.45) is 4.52. The van der Waals surface area contributed by atoms with E-state index >= 15 is 0 Å². The molecule has 2 rings (SSSR count). The van der Waals surface area contributed by atoms with Crippen molar-refractivity contribution in [3.05, 3.63) is 0 Å². The maximum Gasteiger partial charge on any atom is 0.225 e. The standard InChI is InChI=1S/C18H35N5O/c1-4-15(3)21-18(19-5-2)20-9-10-22-11-13-23(14-12-22)17(24)16-7-6-8-16/h15-16H,4-14H2,1-3H3,(H2,19,20,21). The van der Waals surface area contributed by atoms with Gasteiger partial charge in [-0.3, -0.25) is 14.7 Å². The van der Waals surface area contributed by atoms with Gasteiger partial charge in [0.1, 0.15) is 0 Å². The molecular formula is C18H35N5O. The highest BCUT2D eigenvalue weighted by atomic mass is 16.2. The summed E-state index contributed by atoms with van der Waals surface area (Å²) in [5, 5.41) is 6.72. The van der Waals surface area contributed by atoms with Crippen LogP contribution < -0.4 is 10.6 Å². The van der Waals surface area contributed by atoms with E-state index in [1.54, 1.807) is 0 Å². The van der Waals surface area contributed by atoms with E-state index in [2.05, 4.69) is 46.2 Å². The Morgan fingerprint density at radius 3 is 2.46 bits per heavy atom. The number of aliphatic imine (C=N–C) groups is 1. The molecular weight excluding hydrogens is 302 g/mol. The molecule has 1 aliphatic carbocycles. The quantitative estimate of drug-likeness (QED) is 0.543. The number of rotatable bonds is 7. The van der Waals surface area contributed by atoms with Crippen LogP contribution in [0.15, 0.2) is 4.99 Å². The van der Waals surface area contributed by atoms with Crippen LogP contribution in [-0.2, 0) is 4.79 Å². The number of carbonyl (C=O) groups excluding carboxylic acids is 1. The first-order valence-electron chi connectivity index (χ1n) is 9.70. The summed E-state index contributed by atoms with van der Waals surface area (Å²) in [6, 6.07) is 0.434. The third kappa shape index (κ3) is 5.65. The summed E-state index contributed by atoms with van der Waals surface area (Å²) < 4.78 is 0. The van der Waals surface area contributed by atoms with Gasteiger partial charge in [-0.1, -0.05) is 13.3 Å². The molecule has 0 aromatic carbocycles. The molecule has 0 aromatic rings. The third-order valence-corrected chi connectivity index (χ3v) is 5.16. The molecule has 1 aliphatic heterocycles. The minimum atomic E-state index is 0.329. The highest BCUT2D eigenvalue weighted by Gasteiger charge is 2.30. The van der Waals surface area contributed by atoms with Gasteiger partial charge >= 0.3 is 0 Å². The largest absolute Gasteiger partial charge is 0.357 e. The van der Waals surface area contributed by atoms with E-state index in [0.29, 0.717) is 17.9 Å². The van der Waals surface area contributed by atoms with Gasteiger partial charge in [0, 0.05) is 51.2 Å². The zero-order chi connectivity index (χ0) is 17.4. The van der Waals surface area contributed by atoms with Crippen LogP contribution in [0.3, 0.4) is 0 Å². The van der Waals surface area contributed by atoms with Crippen LogP contribution >= 0.6 is 0 Å². The molecule has 24 heavy (non-hydrogen) atoms. The number of amides is 1. The fourth-order valence-electron chi connectivity index (χ4n) is 3.06. The molecule has 1 amide bonds. The Bertz CT molecular complexity index is 414. The van der Waals surface area contributed by atoms with E-state index in [4.69, 9.17) is 0 Å². The lowest BCUT2D eigenvalue weighted by molar-refractivity contribution is -0.139. The first-order valence-corrected chi connectivity index (χ1v) is 9.70. The van der Waals surface area contributed by atoms with Crippen molar-refractivity contribution in [3.8, 4) is 0 Å². The Morgan fingerprint density at radius 1 is 1.21 bits per heavy atom. The van der Waals surface area contributed by atoms with Crippen molar-refractivity contribution < 1.29 is 4.79 Å². The lowest BCUT2D eigenvalue weighted by atomic mass is 9.84. The SMILES string of the molecule is CCNC(=NCCN1CCN(C(=O)C2CCC2)CC1)NC(C)CC. The molecule has 1 saturated carbocycles. The summed E-state index contributed by atoms with van der Waals surface area (Å²) in [4.78, 5) is 21.4. The average Bonchev–Trinajstić information content (AvgIpc) is 2.53. The summed E-state index contributed by atoms with van der Waals surface area (Å²) in [5.74, 6) is 1.63. The van der Waals surface area contributed by atoms with Crippen molar-refractivity contribution in [1.82, 2.24) is 20.4 Å². The molecule has 0 bridgehead atoms. The number of nitrogens with zero attached hydrogens (tertiary/aromatic N) is 3. The van der Waals surface area contributed by atoms with Crippen LogP contribution in [0.4, 0.5) is 0 Å². The molecule has 0 spiro atoms.